The molecule has 0 atom stereocenters. The van der Waals surface area contributed by atoms with Gasteiger partial charge in [-0.15, -0.1) is 11.3 Å². The number of hydrogen-bond donors (Lipinski definition) is 2. The first-order valence-electron chi connectivity index (χ1n) is 5.96. The molecule has 0 aliphatic heterocycles. The van der Waals surface area contributed by atoms with E-state index in [1.54, 1.807) is 24.3 Å². The lowest BCUT2D eigenvalue weighted by Gasteiger charge is -2.05. The number of rotatable bonds is 6. The highest BCUT2D eigenvalue weighted by molar-refractivity contribution is 9.11. The summed E-state index contributed by atoms with van der Waals surface area (Å²) in [5.41, 5.74) is 0.961. The van der Waals surface area contributed by atoms with Gasteiger partial charge in [0, 0.05) is 6.54 Å². The van der Waals surface area contributed by atoms with Gasteiger partial charge in [0.1, 0.15) is 4.21 Å². The molecule has 21 heavy (non-hydrogen) atoms. The molecule has 8 heteroatoms. The Morgan fingerprint density at radius 1 is 1.29 bits per heavy atom. The van der Waals surface area contributed by atoms with Gasteiger partial charge >= 0.3 is 5.97 Å². The van der Waals surface area contributed by atoms with Crippen LogP contribution in [0.2, 0.25) is 0 Å². The second kappa shape index (κ2) is 6.69. The molecule has 0 aliphatic carbocycles. The fraction of sp³-hybridized carbons (Fsp3) is 0.154. The summed E-state index contributed by atoms with van der Waals surface area (Å²) < 4.78 is 27.5. The third kappa shape index (κ3) is 4.37. The molecule has 1 heterocycles. The number of benzene rings is 1. The van der Waals surface area contributed by atoms with Crippen LogP contribution in [0, 0.1) is 0 Å². The van der Waals surface area contributed by atoms with Crippen LogP contribution in [0.4, 0.5) is 0 Å². The van der Waals surface area contributed by atoms with E-state index < -0.39 is 16.0 Å². The van der Waals surface area contributed by atoms with E-state index in [1.165, 1.54) is 12.1 Å². The van der Waals surface area contributed by atoms with Gasteiger partial charge in [-0.1, -0.05) is 12.1 Å². The Bertz CT molecular complexity index is 755. The Balaban J connectivity index is 1.98. The van der Waals surface area contributed by atoms with Crippen molar-refractivity contribution in [2.75, 3.05) is 6.54 Å². The van der Waals surface area contributed by atoms with Crippen molar-refractivity contribution in [1.29, 1.82) is 0 Å². The first-order chi connectivity index (χ1) is 9.88. The molecule has 1 aromatic heterocycles. The van der Waals surface area contributed by atoms with E-state index in [0.717, 1.165) is 20.7 Å². The van der Waals surface area contributed by atoms with E-state index >= 15 is 0 Å². The average Bonchev–Trinajstić information content (AvgIpc) is 2.86. The van der Waals surface area contributed by atoms with Crippen molar-refractivity contribution in [3.63, 3.8) is 0 Å². The summed E-state index contributed by atoms with van der Waals surface area (Å²) in [7, 11) is -3.51. The van der Waals surface area contributed by atoms with Gasteiger partial charge in [0.2, 0.25) is 10.0 Å². The van der Waals surface area contributed by atoms with Crippen molar-refractivity contribution < 1.29 is 18.3 Å². The first-order valence-corrected chi connectivity index (χ1v) is 9.05. The number of halogens is 1. The van der Waals surface area contributed by atoms with Crippen molar-refractivity contribution in [2.45, 2.75) is 10.6 Å². The second-order valence-electron chi connectivity index (χ2n) is 4.21. The van der Waals surface area contributed by atoms with Crippen molar-refractivity contribution in [2.24, 2.45) is 0 Å². The molecule has 0 bridgehead atoms. The fourth-order valence-corrected chi connectivity index (χ4v) is 4.79. The highest BCUT2D eigenvalue weighted by atomic mass is 79.9. The molecule has 2 N–H and O–H groups in total. The molecule has 1 aromatic carbocycles. The molecular weight excluding hydrogens is 378 g/mol. The van der Waals surface area contributed by atoms with Gasteiger partial charge < -0.3 is 5.11 Å². The van der Waals surface area contributed by atoms with Crippen LogP contribution in [0.25, 0.3) is 0 Å². The second-order valence-corrected chi connectivity index (χ2v) is 8.67. The predicted molar refractivity (Wildman–Crippen MR) is 84.3 cm³/mol. The third-order valence-corrected chi connectivity index (χ3v) is 6.27. The number of aromatic carboxylic acids is 1. The van der Waals surface area contributed by atoms with Gasteiger partial charge in [0.05, 0.1) is 9.35 Å². The van der Waals surface area contributed by atoms with Crippen molar-refractivity contribution in [3.05, 3.63) is 51.3 Å². The van der Waals surface area contributed by atoms with Crippen LogP contribution >= 0.6 is 27.3 Å². The van der Waals surface area contributed by atoms with Crippen LogP contribution in [0.5, 0.6) is 0 Å². The molecule has 0 saturated carbocycles. The van der Waals surface area contributed by atoms with Crippen molar-refractivity contribution in [3.8, 4) is 0 Å². The monoisotopic (exact) mass is 389 g/mol. The lowest BCUT2D eigenvalue weighted by atomic mass is 10.1. The summed E-state index contributed by atoms with van der Waals surface area (Å²) in [4.78, 5) is 10.9. The minimum Gasteiger partial charge on any atom is -0.478 e. The number of nitrogens with one attached hydrogen (secondary N) is 1. The lowest BCUT2D eigenvalue weighted by Crippen LogP contribution is -2.25. The van der Waals surface area contributed by atoms with E-state index in [-0.39, 0.29) is 16.3 Å². The highest BCUT2D eigenvalue weighted by Crippen LogP contribution is 2.25. The number of carboxylic acids is 1. The van der Waals surface area contributed by atoms with Gasteiger partial charge in [-0.2, -0.15) is 0 Å². The van der Waals surface area contributed by atoms with Crippen molar-refractivity contribution >= 4 is 43.3 Å². The Hall–Kier alpha value is -1.22. The molecule has 2 aromatic rings. The Labute approximate surface area is 134 Å². The maximum absolute atomic E-state index is 12.0. The van der Waals surface area contributed by atoms with Gasteiger partial charge in [-0.25, -0.2) is 17.9 Å². The van der Waals surface area contributed by atoms with Crippen molar-refractivity contribution in [1.82, 2.24) is 4.72 Å². The molecule has 0 radical (unpaired) electrons. The molecule has 5 nitrogen and oxygen atoms in total. The average molecular weight is 390 g/mol. The smallest absolute Gasteiger partial charge is 0.335 e. The van der Waals surface area contributed by atoms with Crippen LogP contribution in [0.15, 0.2) is 44.4 Å². The first kappa shape index (κ1) is 16.2. The van der Waals surface area contributed by atoms with E-state index in [9.17, 15) is 13.2 Å². The maximum Gasteiger partial charge on any atom is 0.335 e. The Kier molecular flexibility index (Phi) is 5.15. The summed E-state index contributed by atoms with van der Waals surface area (Å²) in [6.45, 7) is 0.209. The largest absolute Gasteiger partial charge is 0.478 e. The minimum atomic E-state index is -3.51. The normalized spacial score (nSPS) is 11.5. The van der Waals surface area contributed by atoms with Gasteiger partial charge in [0.15, 0.2) is 0 Å². The molecule has 0 unspecified atom stereocenters. The summed E-state index contributed by atoms with van der Waals surface area (Å²) in [5.74, 6) is -0.999. The van der Waals surface area contributed by atoms with E-state index in [2.05, 4.69) is 20.7 Å². The minimum absolute atomic E-state index is 0.192. The van der Waals surface area contributed by atoms with Crippen LogP contribution in [-0.4, -0.2) is 26.0 Å². The summed E-state index contributed by atoms with van der Waals surface area (Å²) in [5, 5.41) is 8.90. The van der Waals surface area contributed by atoms with Gasteiger partial charge in [-0.05, 0) is 52.2 Å². The Morgan fingerprint density at radius 2 is 2.05 bits per heavy atom. The Morgan fingerprint density at radius 3 is 2.67 bits per heavy atom. The number of hydrogen-bond acceptors (Lipinski definition) is 4. The molecule has 0 fully saturated rings. The van der Waals surface area contributed by atoms with Gasteiger partial charge in [-0.3, -0.25) is 0 Å². The molecule has 112 valence electrons. The molecule has 2 rings (SSSR count). The van der Waals surface area contributed by atoms with Crippen LogP contribution in [0.1, 0.15) is 15.9 Å². The molecule has 0 amide bonds. The predicted octanol–water partition coefficient (Wildman–Crippen LogP) is 2.73. The maximum atomic E-state index is 12.0. The van der Waals surface area contributed by atoms with E-state index in [1.807, 2.05) is 0 Å². The van der Waals surface area contributed by atoms with Crippen LogP contribution in [0.3, 0.4) is 0 Å². The zero-order valence-corrected chi connectivity index (χ0v) is 14.0. The molecule has 0 aliphatic rings. The standard InChI is InChI=1S/C13H12BrNO4S2/c14-11-4-5-12(20-11)21(18,19)15-7-6-9-2-1-3-10(8-9)13(16)17/h1-5,8,15H,6-7H2,(H,16,17). The topological polar surface area (TPSA) is 83.5 Å². The zero-order valence-electron chi connectivity index (χ0n) is 10.7. The lowest BCUT2D eigenvalue weighted by molar-refractivity contribution is 0.0696. The summed E-state index contributed by atoms with van der Waals surface area (Å²) >= 11 is 4.36. The number of carboxylic acid groups (broad SMARTS) is 1. The quantitative estimate of drug-likeness (QED) is 0.795. The number of sulfonamides is 1. The molecule has 0 saturated heterocycles. The fourth-order valence-electron chi connectivity index (χ4n) is 1.70. The van der Waals surface area contributed by atoms with Crippen LogP contribution < -0.4 is 4.72 Å². The van der Waals surface area contributed by atoms with Crippen LogP contribution in [-0.2, 0) is 16.4 Å². The zero-order chi connectivity index (χ0) is 15.5. The van der Waals surface area contributed by atoms with Gasteiger partial charge in [0.25, 0.3) is 0 Å². The third-order valence-electron chi connectivity index (χ3n) is 2.69. The molecular formula is C13H12BrNO4S2. The summed E-state index contributed by atoms with van der Waals surface area (Å²) in [6, 6.07) is 9.65. The number of carbonyl (C=O) groups is 1. The highest BCUT2D eigenvalue weighted by Gasteiger charge is 2.15. The van der Waals surface area contributed by atoms with E-state index in [0.29, 0.717) is 6.42 Å². The summed E-state index contributed by atoms with van der Waals surface area (Å²) in [6.07, 6.45) is 0.424. The SMILES string of the molecule is O=C(O)c1cccc(CCNS(=O)(=O)c2ccc(Br)s2)c1. The number of thiophene rings is 1. The molecule has 0 spiro atoms. The van der Waals surface area contributed by atoms with E-state index in [4.69, 9.17) is 5.11 Å².